The van der Waals surface area contributed by atoms with Crippen molar-refractivity contribution in [1.82, 2.24) is 0 Å². The number of rotatable bonds is 3. The highest BCUT2D eigenvalue weighted by atomic mass is 16.4. The standard InChI is InChI=1S/C14H20O2.C7H12O2/c1-9(13(15)16)5-14-6-10-2-11(7-14)4-12(3-10)8-14;1-5(6(8)9)7(2,3)4/h5,10-12H,2-4,6-8H2,1H3,(H,15,16);1H2,2-4H3,(H,8,9)/b9-5+;. The van der Waals surface area contributed by atoms with Crippen molar-refractivity contribution >= 4 is 11.9 Å². The van der Waals surface area contributed by atoms with Crippen LogP contribution in [0.25, 0.3) is 0 Å². The molecule has 2 N–H and O–H groups in total. The van der Waals surface area contributed by atoms with Crippen LogP contribution in [0.5, 0.6) is 0 Å². The third-order valence-corrected chi connectivity index (χ3v) is 6.11. The van der Waals surface area contributed by atoms with E-state index < -0.39 is 11.9 Å². The maximum Gasteiger partial charge on any atom is 0.331 e. The molecule has 0 spiro atoms. The van der Waals surface area contributed by atoms with Crippen LogP contribution in [0.4, 0.5) is 0 Å². The first-order valence-corrected chi connectivity index (χ1v) is 9.27. The predicted octanol–water partition coefficient (Wildman–Crippen LogP) is 4.91. The molecular weight excluding hydrogens is 316 g/mol. The lowest BCUT2D eigenvalue weighted by Crippen LogP contribution is -2.45. The van der Waals surface area contributed by atoms with Gasteiger partial charge in [-0.2, -0.15) is 0 Å². The van der Waals surface area contributed by atoms with Crippen LogP contribution >= 0.6 is 0 Å². The number of carbonyl (C=O) groups is 2. The number of carboxylic acids is 2. The molecule has 0 heterocycles. The van der Waals surface area contributed by atoms with E-state index in [1.165, 1.54) is 38.5 Å². The summed E-state index contributed by atoms with van der Waals surface area (Å²) in [5.41, 5.74) is 0.757. The third kappa shape index (κ3) is 4.74. The highest BCUT2D eigenvalue weighted by Crippen LogP contribution is 2.60. The van der Waals surface area contributed by atoms with Gasteiger partial charge in [0.25, 0.3) is 0 Å². The van der Waals surface area contributed by atoms with Crippen LogP contribution < -0.4 is 0 Å². The number of hydrogen-bond donors (Lipinski definition) is 2. The average molecular weight is 348 g/mol. The summed E-state index contributed by atoms with van der Waals surface area (Å²) < 4.78 is 0. The molecule has 4 aliphatic carbocycles. The van der Waals surface area contributed by atoms with Gasteiger partial charge in [-0.3, -0.25) is 0 Å². The van der Waals surface area contributed by atoms with Crippen molar-refractivity contribution in [3.05, 3.63) is 23.8 Å². The molecule has 0 aromatic rings. The van der Waals surface area contributed by atoms with Gasteiger partial charge in [-0.05, 0) is 74.0 Å². The quantitative estimate of drug-likeness (QED) is 0.711. The molecule has 0 atom stereocenters. The summed E-state index contributed by atoms with van der Waals surface area (Å²) in [6.45, 7) is 10.6. The lowest BCUT2D eigenvalue weighted by Gasteiger charge is -2.56. The lowest BCUT2D eigenvalue weighted by atomic mass is 9.49. The van der Waals surface area contributed by atoms with E-state index in [0.29, 0.717) is 5.57 Å². The highest BCUT2D eigenvalue weighted by Gasteiger charge is 2.49. The van der Waals surface area contributed by atoms with Gasteiger partial charge < -0.3 is 10.2 Å². The Bertz CT molecular complexity index is 556. The zero-order chi connectivity index (χ0) is 19.0. The van der Waals surface area contributed by atoms with E-state index in [-0.39, 0.29) is 16.4 Å². The van der Waals surface area contributed by atoms with E-state index in [9.17, 15) is 9.59 Å². The minimum absolute atomic E-state index is 0.252. The Balaban J connectivity index is 0.000000217. The second-order valence-corrected chi connectivity index (χ2v) is 9.45. The van der Waals surface area contributed by atoms with Gasteiger partial charge >= 0.3 is 11.9 Å². The third-order valence-electron chi connectivity index (χ3n) is 6.11. The van der Waals surface area contributed by atoms with E-state index in [1.54, 1.807) is 6.92 Å². The topological polar surface area (TPSA) is 74.6 Å². The van der Waals surface area contributed by atoms with Gasteiger partial charge in [0.2, 0.25) is 0 Å². The first kappa shape index (κ1) is 19.7. The van der Waals surface area contributed by atoms with Gasteiger partial charge in [0, 0.05) is 11.1 Å². The maximum atomic E-state index is 11.0. The van der Waals surface area contributed by atoms with Crippen LogP contribution in [0.15, 0.2) is 23.8 Å². The van der Waals surface area contributed by atoms with Crippen molar-refractivity contribution in [3.63, 3.8) is 0 Å². The van der Waals surface area contributed by atoms with Crippen LogP contribution in [-0.4, -0.2) is 22.2 Å². The molecule has 0 amide bonds. The normalized spacial score (nSPS) is 33.4. The zero-order valence-electron chi connectivity index (χ0n) is 16.0. The molecule has 0 aromatic carbocycles. The van der Waals surface area contributed by atoms with Gasteiger partial charge in [-0.25, -0.2) is 9.59 Å². The SMILES string of the molecule is C/C(=C\C12CC3CC(CC(C3)C1)C2)C(=O)O.C=C(C(=O)O)C(C)(C)C. The lowest BCUT2D eigenvalue weighted by molar-refractivity contribution is -0.134. The summed E-state index contributed by atoms with van der Waals surface area (Å²) in [6, 6.07) is 0. The van der Waals surface area contributed by atoms with Crippen molar-refractivity contribution in [1.29, 1.82) is 0 Å². The molecule has 4 saturated carbocycles. The summed E-state index contributed by atoms with van der Waals surface area (Å²) in [5.74, 6) is 1.02. The molecule has 0 aromatic heterocycles. The second-order valence-electron chi connectivity index (χ2n) is 9.45. The minimum atomic E-state index is -0.914. The van der Waals surface area contributed by atoms with Crippen molar-refractivity contribution in [3.8, 4) is 0 Å². The Labute approximate surface area is 151 Å². The largest absolute Gasteiger partial charge is 0.478 e. The Kier molecular flexibility index (Phi) is 5.50. The molecule has 140 valence electrons. The van der Waals surface area contributed by atoms with Crippen LogP contribution in [0.1, 0.15) is 66.2 Å². The maximum absolute atomic E-state index is 11.0. The van der Waals surface area contributed by atoms with Crippen molar-refractivity contribution in [2.45, 2.75) is 66.2 Å². The zero-order valence-corrected chi connectivity index (χ0v) is 16.0. The molecule has 4 aliphatic rings. The van der Waals surface area contributed by atoms with Gasteiger partial charge in [-0.15, -0.1) is 0 Å². The molecule has 0 radical (unpaired) electrons. The van der Waals surface area contributed by atoms with Crippen molar-refractivity contribution in [2.75, 3.05) is 0 Å². The van der Waals surface area contributed by atoms with Gasteiger partial charge in [0.05, 0.1) is 0 Å². The predicted molar refractivity (Wildman–Crippen MR) is 98.2 cm³/mol. The molecule has 0 unspecified atom stereocenters. The number of allylic oxidation sites excluding steroid dienone is 1. The van der Waals surface area contributed by atoms with Crippen LogP contribution in [-0.2, 0) is 9.59 Å². The van der Waals surface area contributed by atoms with Gasteiger partial charge in [-0.1, -0.05) is 33.4 Å². The monoisotopic (exact) mass is 348 g/mol. The van der Waals surface area contributed by atoms with Crippen molar-refractivity contribution in [2.24, 2.45) is 28.6 Å². The molecule has 4 heteroatoms. The van der Waals surface area contributed by atoms with E-state index in [2.05, 4.69) is 12.7 Å². The van der Waals surface area contributed by atoms with E-state index in [4.69, 9.17) is 10.2 Å². The van der Waals surface area contributed by atoms with Crippen LogP contribution in [0.3, 0.4) is 0 Å². The van der Waals surface area contributed by atoms with Crippen molar-refractivity contribution < 1.29 is 19.8 Å². The first-order valence-electron chi connectivity index (χ1n) is 9.27. The summed E-state index contributed by atoms with van der Waals surface area (Å²) >= 11 is 0. The summed E-state index contributed by atoms with van der Waals surface area (Å²) in [6.07, 6.45) is 10.1. The number of carboxylic acid groups (broad SMARTS) is 2. The van der Waals surface area contributed by atoms with E-state index in [1.807, 2.05) is 20.8 Å². The van der Waals surface area contributed by atoms with Gasteiger partial charge in [0.15, 0.2) is 0 Å². The summed E-state index contributed by atoms with van der Waals surface area (Å²) in [4.78, 5) is 21.2. The summed E-state index contributed by atoms with van der Waals surface area (Å²) in [5, 5.41) is 17.4. The molecular formula is C21H32O4. The second kappa shape index (κ2) is 6.97. The van der Waals surface area contributed by atoms with E-state index >= 15 is 0 Å². The highest BCUT2D eigenvalue weighted by molar-refractivity contribution is 5.87. The summed E-state index contributed by atoms with van der Waals surface area (Å²) in [7, 11) is 0. The Morgan fingerprint density at radius 3 is 1.60 bits per heavy atom. The Morgan fingerprint density at radius 2 is 1.36 bits per heavy atom. The minimum Gasteiger partial charge on any atom is -0.478 e. The molecule has 4 bridgehead atoms. The fourth-order valence-corrected chi connectivity index (χ4v) is 5.20. The average Bonchev–Trinajstić information content (AvgIpc) is 2.43. The first-order chi connectivity index (χ1) is 11.4. The van der Waals surface area contributed by atoms with Crippen LogP contribution in [0.2, 0.25) is 0 Å². The molecule has 4 nitrogen and oxygen atoms in total. The smallest absolute Gasteiger partial charge is 0.331 e. The Hall–Kier alpha value is -1.58. The molecule has 4 fully saturated rings. The molecule has 0 saturated heterocycles. The fraction of sp³-hybridized carbons (Fsp3) is 0.714. The molecule has 0 aliphatic heterocycles. The number of aliphatic carboxylic acids is 2. The molecule has 4 rings (SSSR count). The Morgan fingerprint density at radius 1 is 0.960 bits per heavy atom. The number of hydrogen-bond acceptors (Lipinski definition) is 2. The molecule has 25 heavy (non-hydrogen) atoms. The van der Waals surface area contributed by atoms with E-state index in [0.717, 1.165) is 17.8 Å². The van der Waals surface area contributed by atoms with Gasteiger partial charge in [0.1, 0.15) is 0 Å². The van der Waals surface area contributed by atoms with Crippen LogP contribution in [0, 0.1) is 28.6 Å². The fourth-order valence-electron chi connectivity index (χ4n) is 5.20.